The lowest BCUT2D eigenvalue weighted by atomic mass is 10.3. The van der Waals surface area contributed by atoms with Crippen LogP contribution in [0.5, 0.6) is 0 Å². The molecule has 0 aliphatic heterocycles. The van der Waals surface area contributed by atoms with Gasteiger partial charge in [0.25, 0.3) is 0 Å². The molecule has 0 heterocycles. The molecule has 0 atom stereocenters. The minimum absolute atomic E-state index is 0.0667. The molecule has 0 aromatic rings. The minimum atomic E-state index is -0.962. The van der Waals surface area contributed by atoms with Crippen molar-refractivity contribution < 1.29 is 29.0 Å². The van der Waals surface area contributed by atoms with Crippen LogP contribution in [0.1, 0.15) is 6.42 Å². The summed E-state index contributed by atoms with van der Waals surface area (Å²) >= 11 is 1.02. The Morgan fingerprint density at radius 3 is 2.37 bits per heavy atom. The van der Waals surface area contributed by atoms with Gasteiger partial charge in [0.15, 0.2) is 0 Å². The quantitative estimate of drug-likeness (QED) is 0.559. The van der Waals surface area contributed by atoms with Crippen molar-refractivity contribution in [3.8, 4) is 0 Å². The smallest absolute Gasteiger partial charge is 0.313 e. The van der Waals surface area contributed by atoms with Crippen LogP contribution >= 0.6 is 11.8 Å². The van der Waals surface area contributed by atoms with Gasteiger partial charge in [0, 0.05) is 20.2 Å². The molecule has 1 amide bonds. The summed E-state index contributed by atoms with van der Waals surface area (Å²) in [6.45, 7) is 0.957. The van der Waals surface area contributed by atoms with E-state index in [0.717, 1.165) is 11.8 Å². The monoisotopic (exact) mass is 293 g/mol. The molecule has 8 heteroatoms. The Labute approximate surface area is 116 Å². The molecule has 0 unspecified atom stereocenters. The van der Waals surface area contributed by atoms with Crippen molar-refractivity contribution in [1.29, 1.82) is 0 Å². The van der Waals surface area contributed by atoms with Crippen LogP contribution in [-0.4, -0.2) is 73.3 Å². The highest BCUT2D eigenvalue weighted by atomic mass is 32.2. The predicted octanol–water partition coefficient (Wildman–Crippen LogP) is -0.158. The molecule has 0 bridgehead atoms. The number of hydrogen-bond donors (Lipinski definition) is 1. The Kier molecular flexibility index (Phi) is 9.91. The van der Waals surface area contributed by atoms with Crippen molar-refractivity contribution in [2.24, 2.45) is 0 Å². The van der Waals surface area contributed by atoms with Crippen molar-refractivity contribution in [2.45, 2.75) is 6.42 Å². The number of carboxylic acids is 1. The summed E-state index contributed by atoms with van der Waals surface area (Å²) in [5.74, 6) is -1.63. The van der Waals surface area contributed by atoms with Gasteiger partial charge in [-0.1, -0.05) is 0 Å². The zero-order chi connectivity index (χ0) is 14.7. The number of carbonyl (C=O) groups excluding carboxylic acids is 2. The summed E-state index contributed by atoms with van der Waals surface area (Å²) in [6.07, 6.45) is 0.107. The largest absolute Gasteiger partial charge is 0.481 e. The van der Waals surface area contributed by atoms with E-state index in [1.54, 1.807) is 0 Å². The Bertz CT molecular complexity index is 310. The topological polar surface area (TPSA) is 93.1 Å². The second kappa shape index (κ2) is 10.6. The molecule has 7 nitrogen and oxygen atoms in total. The van der Waals surface area contributed by atoms with E-state index in [-0.39, 0.29) is 30.4 Å². The van der Waals surface area contributed by atoms with E-state index in [1.807, 2.05) is 0 Å². The highest BCUT2D eigenvalue weighted by molar-refractivity contribution is 8.00. The molecule has 0 rings (SSSR count). The number of thioether (sulfide) groups is 1. The third kappa shape index (κ3) is 9.32. The Morgan fingerprint density at radius 1 is 1.16 bits per heavy atom. The van der Waals surface area contributed by atoms with Crippen LogP contribution < -0.4 is 0 Å². The maximum Gasteiger partial charge on any atom is 0.313 e. The fourth-order valence-electron chi connectivity index (χ4n) is 1.21. The molecule has 1 N–H and O–H groups in total. The Morgan fingerprint density at radius 2 is 1.84 bits per heavy atom. The summed E-state index contributed by atoms with van der Waals surface area (Å²) in [6, 6.07) is 0. The van der Waals surface area contributed by atoms with Crippen LogP contribution in [0.2, 0.25) is 0 Å². The van der Waals surface area contributed by atoms with E-state index in [0.29, 0.717) is 13.2 Å². The van der Waals surface area contributed by atoms with Crippen molar-refractivity contribution in [3.63, 3.8) is 0 Å². The predicted molar refractivity (Wildman–Crippen MR) is 70.0 cm³/mol. The summed E-state index contributed by atoms with van der Waals surface area (Å²) < 4.78 is 9.39. The molecular weight excluding hydrogens is 274 g/mol. The fourth-order valence-corrected chi connectivity index (χ4v) is 1.84. The molecule has 0 saturated carbocycles. The van der Waals surface area contributed by atoms with Crippen LogP contribution in [-0.2, 0) is 23.9 Å². The van der Waals surface area contributed by atoms with E-state index < -0.39 is 11.9 Å². The molecule has 110 valence electrons. The maximum atomic E-state index is 11.8. The summed E-state index contributed by atoms with van der Waals surface area (Å²) in [4.78, 5) is 34.7. The van der Waals surface area contributed by atoms with Gasteiger partial charge in [-0.3, -0.25) is 14.4 Å². The third-order valence-electron chi connectivity index (χ3n) is 2.18. The van der Waals surface area contributed by atoms with Gasteiger partial charge in [-0.2, -0.15) is 0 Å². The highest BCUT2D eigenvalue weighted by Gasteiger charge is 2.15. The number of esters is 1. The number of nitrogens with zero attached hydrogens (tertiary/aromatic N) is 1. The SMILES string of the molecule is COCCN(CCC(=O)OC)C(=O)CSCC(=O)O. The number of carbonyl (C=O) groups is 3. The van der Waals surface area contributed by atoms with E-state index >= 15 is 0 Å². The molecule has 19 heavy (non-hydrogen) atoms. The van der Waals surface area contributed by atoms with Crippen LogP contribution in [0.4, 0.5) is 0 Å². The summed E-state index contributed by atoms with van der Waals surface area (Å²) in [5, 5.41) is 8.49. The first kappa shape index (κ1) is 17.7. The molecule has 0 aromatic heterocycles. The van der Waals surface area contributed by atoms with Crippen molar-refractivity contribution in [3.05, 3.63) is 0 Å². The molecule has 0 spiro atoms. The van der Waals surface area contributed by atoms with Gasteiger partial charge in [-0.05, 0) is 0 Å². The standard InChI is InChI=1S/C11H19NO6S/c1-17-6-5-12(4-3-11(16)18-2)9(13)7-19-8-10(14)15/h3-8H2,1-2H3,(H,14,15). The maximum absolute atomic E-state index is 11.8. The van der Waals surface area contributed by atoms with E-state index in [1.165, 1.54) is 19.1 Å². The lowest BCUT2D eigenvalue weighted by Gasteiger charge is -2.21. The average molecular weight is 293 g/mol. The van der Waals surface area contributed by atoms with E-state index in [2.05, 4.69) is 4.74 Å². The normalized spacial score (nSPS) is 10.0. The number of methoxy groups -OCH3 is 2. The first-order valence-electron chi connectivity index (χ1n) is 5.64. The molecule has 0 fully saturated rings. The number of amides is 1. The second-order valence-electron chi connectivity index (χ2n) is 3.59. The third-order valence-corrected chi connectivity index (χ3v) is 3.08. The second-order valence-corrected chi connectivity index (χ2v) is 4.57. The number of aliphatic carboxylic acids is 1. The highest BCUT2D eigenvalue weighted by Crippen LogP contribution is 2.04. The molecule has 0 saturated heterocycles. The number of ether oxygens (including phenoxy) is 2. The zero-order valence-corrected chi connectivity index (χ0v) is 11.9. The van der Waals surface area contributed by atoms with Crippen LogP contribution in [0.3, 0.4) is 0 Å². The first-order chi connectivity index (χ1) is 9.01. The minimum Gasteiger partial charge on any atom is -0.481 e. The lowest BCUT2D eigenvalue weighted by Crippen LogP contribution is -2.37. The van der Waals surface area contributed by atoms with E-state index in [9.17, 15) is 14.4 Å². The van der Waals surface area contributed by atoms with Gasteiger partial charge in [-0.25, -0.2) is 0 Å². The number of hydrogen-bond acceptors (Lipinski definition) is 6. The van der Waals surface area contributed by atoms with Gasteiger partial charge in [0.1, 0.15) is 0 Å². The van der Waals surface area contributed by atoms with Gasteiger partial charge in [-0.15, -0.1) is 11.8 Å². The van der Waals surface area contributed by atoms with Crippen LogP contribution in [0.25, 0.3) is 0 Å². The van der Waals surface area contributed by atoms with Gasteiger partial charge in [0.05, 0.1) is 31.6 Å². The van der Waals surface area contributed by atoms with E-state index in [4.69, 9.17) is 9.84 Å². The summed E-state index contributed by atoms with van der Waals surface area (Å²) in [7, 11) is 2.80. The Balaban J connectivity index is 4.18. The van der Waals surface area contributed by atoms with Gasteiger partial charge < -0.3 is 19.5 Å². The molecule has 0 aliphatic rings. The Hall–Kier alpha value is -1.28. The van der Waals surface area contributed by atoms with Crippen LogP contribution in [0, 0.1) is 0 Å². The van der Waals surface area contributed by atoms with Gasteiger partial charge in [0.2, 0.25) is 5.91 Å². The number of rotatable bonds is 10. The van der Waals surface area contributed by atoms with Gasteiger partial charge >= 0.3 is 11.9 Å². The van der Waals surface area contributed by atoms with Crippen LogP contribution in [0.15, 0.2) is 0 Å². The average Bonchev–Trinajstić information content (AvgIpc) is 2.37. The van der Waals surface area contributed by atoms with Crippen molar-refractivity contribution >= 4 is 29.6 Å². The van der Waals surface area contributed by atoms with Crippen molar-refractivity contribution in [2.75, 3.05) is 45.4 Å². The molecule has 0 aliphatic carbocycles. The number of carboxylic acid groups (broad SMARTS) is 1. The lowest BCUT2D eigenvalue weighted by molar-refractivity contribution is -0.141. The zero-order valence-electron chi connectivity index (χ0n) is 11.1. The molecule has 0 radical (unpaired) electrons. The first-order valence-corrected chi connectivity index (χ1v) is 6.79. The van der Waals surface area contributed by atoms with Crippen molar-refractivity contribution in [1.82, 2.24) is 4.90 Å². The summed E-state index contributed by atoms with van der Waals surface area (Å²) in [5.41, 5.74) is 0. The molecule has 0 aromatic carbocycles. The fraction of sp³-hybridized carbons (Fsp3) is 0.727. The molecular formula is C11H19NO6S.